The maximum absolute atomic E-state index is 13.4. The van der Waals surface area contributed by atoms with Crippen molar-refractivity contribution in [1.82, 2.24) is 0 Å². The van der Waals surface area contributed by atoms with Gasteiger partial charge in [0.1, 0.15) is 5.75 Å². The molecule has 0 aromatic heterocycles. The lowest BCUT2D eigenvalue weighted by Gasteiger charge is -2.32. The summed E-state index contributed by atoms with van der Waals surface area (Å²) in [6.07, 6.45) is -3.74. The Labute approximate surface area is 142 Å². The number of phenols is 1. The smallest absolute Gasteiger partial charge is 0.417 e. The normalized spacial score (nSPS) is 15.0. The first-order valence-corrected chi connectivity index (χ1v) is 8.84. The largest absolute Gasteiger partial charge is 0.507 e. The second-order valence-corrected chi connectivity index (χ2v) is 8.13. The fraction of sp³-hybridized carbons (Fsp3) is 0.368. The number of benzene rings is 2. The lowest BCUT2D eigenvalue weighted by Crippen LogP contribution is -2.25. The van der Waals surface area contributed by atoms with Crippen molar-refractivity contribution in [2.45, 2.75) is 45.4 Å². The van der Waals surface area contributed by atoms with Gasteiger partial charge in [-0.25, -0.2) is 0 Å². The van der Waals surface area contributed by atoms with Gasteiger partial charge in [0, 0.05) is 10.7 Å². The van der Waals surface area contributed by atoms with Crippen LogP contribution in [0.3, 0.4) is 0 Å². The third-order valence-electron chi connectivity index (χ3n) is 4.52. The van der Waals surface area contributed by atoms with E-state index in [0.717, 1.165) is 11.6 Å². The monoisotopic (exact) mass is 354 g/mol. The summed E-state index contributed by atoms with van der Waals surface area (Å²) in [6, 6.07) is 9.74. The van der Waals surface area contributed by atoms with Gasteiger partial charge in [-0.3, -0.25) is 0 Å². The van der Waals surface area contributed by atoms with Crippen LogP contribution in [0.2, 0.25) is 0 Å². The minimum Gasteiger partial charge on any atom is -0.507 e. The highest BCUT2D eigenvalue weighted by Crippen LogP contribution is 2.49. The highest BCUT2D eigenvalue weighted by Gasteiger charge is 2.37. The summed E-state index contributed by atoms with van der Waals surface area (Å²) in [5.41, 5.74) is 1.50. The second-order valence-electron chi connectivity index (χ2n) is 6.28. The highest BCUT2D eigenvalue weighted by atomic mass is 31.1. The number of hydrogen-bond acceptors (Lipinski definition) is 1. The third-order valence-corrected chi connectivity index (χ3v) is 6.61. The molecule has 24 heavy (non-hydrogen) atoms. The predicted octanol–water partition coefficient (Wildman–Crippen LogP) is 5.66. The van der Waals surface area contributed by atoms with Gasteiger partial charge < -0.3 is 5.11 Å². The first-order valence-electron chi connectivity index (χ1n) is 7.84. The molecule has 130 valence electrons. The minimum absolute atomic E-state index is 0.0901. The van der Waals surface area contributed by atoms with Gasteiger partial charge in [0.2, 0.25) is 0 Å². The quantitative estimate of drug-likeness (QED) is 0.703. The number of phenolic OH excluding ortho intramolecular Hbond substituents is 1. The Hall–Kier alpha value is -1.54. The van der Waals surface area contributed by atoms with Crippen molar-refractivity contribution in [3.05, 3.63) is 58.7 Å². The van der Waals surface area contributed by atoms with E-state index < -0.39 is 16.9 Å². The van der Waals surface area contributed by atoms with E-state index in [2.05, 4.69) is 0 Å². The van der Waals surface area contributed by atoms with E-state index in [9.17, 15) is 18.3 Å². The fourth-order valence-electron chi connectivity index (χ4n) is 2.80. The Morgan fingerprint density at radius 3 is 2.04 bits per heavy atom. The molecule has 0 radical (unpaired) electrons. The van der Waals surface area contributed by atoms with Gasteiger partial charge in [0.25, 0.3) is 0 Å². The number of hydrogen-bond donors (Lipinski definition) is 1. The van der Waals surface area contributed by atoms with E-state index in [1.807, 2.05) is 26.0 Å². The molecule has 2 aromatic rings. The Bertz CT molecular complexity index is 740. The Morgan fingerprint density at radius 2 is 1.50 bits per heavy atom. The lowest BCUT2D eigenvalue weighted by atomic mass is 9.94. The van der Waals surface area contributed by atoms with E-state index >= 15 is 0 Å². The maximum atomic E-state index is 13.4. The summed E-state index contributed by atoms with van der Waals surface area (Å²) < 4.78 is 40.2. The molecular formula is C19H22F3OP. The topological polar surface area (TPSA) is 20.2 Å². The Morgan fingerprint density at radius 1 is 0.958 bits per heavy atom. The summed E-state index contributed by atoms with van der Waals surface area (Å²) >= 11 is 0. The van der Waals surface area contributed by atoms with Gasteiger partial charge in [-0.15, -0.1) is 0 Å². The van der Waals surface area contributed by atoms with Crippen LogP contribution in [-0.4, -0.2) is 5.11 Å². The molecule has 0 aliphatic carbocycles. The molecule has 0 aliphatic rings. The van der Waals surface area contributed by atoms with Crippen molar-refractivity contribution in [2.75, 3.05) is 0 Å². The Balaban J connectivity index is 2.58. The van der Waals surface area contributed by atoms with Gasteiger partial charge >= 0.3 is 6.18 Å². The van der Waals surface area contributed by atoms with Crippen LogP contribution in [0, 0.1) is 13.8 Å². The van der Waals surface area contributed by atoms with E-state index in [4.69, 9.17) is 0 Å². The van der Waals surface area contributed by atoms with E-state index in [1.54, 1.807) is 26.0 Å². The van der Waals surface area contributed by atoms with Crippen LogP contribution in [0.5, 0.6) is 5.75 Å². The van der Waals surface area contributed by atoms with Crippen LogP contribution in [0.25, 0.3) is 0 Å². The van der Waals surface area contributed by atoms with Crippen molar-refractivity contribution in [3.8, 4) is 5.75 Å². The molecule has 0 aliphatic heterocycles. The molecule has 0 amide bonds. The molecule has 1 N–H and O–H groups in total. The highest BCUT2D eigenvalue weighted by molar-refractivity contribution is 7.48. The fourth-order valence-corrected chi connectivity index (χ4v) is 4.50. The van der Waals surface area contributed by atoms with Gasteiger partial charge in [-0.05, 0) is 42.8 Å². The SMILES string of the molecule is CCC(C)(Pc1c(C)cccc1C(F)(F)F)c1cccc(C)c1O. The van der Waals surface area contributed by atoms with Crippen molar-refractivity contribution in [2.24, 2.45) is 0 Å². The van der Waals surface area contributed by atoms with Gasteiger partial charge in [-0.1, -0.05) is 52.8 Å². The minimum atomic E-state index is -4.38. The number of rotatable bonds is 4. The molecule has 2 atom stereocenters. The predicted molar refractivity (Wildman–Crippen MR) is 94.6 cm³/mol. The van der Waals surface area contributed by atoms with Crippen molar-refractivity contribution in [1.29, 1.82) is 0 Å². The standard InChI is InChI=1S/C19H22F3OP/c1-5-18(4,14-10-6-8-12(2)16(14)23)24-17-13(3)9-7-11-15(17)19(20,21)22/h6-11,23-24H,5H2,1-4H3. The van der Waals surface area contributed by atoms with Crippen molar-refractivity contribution >= 4 is 13.9 Å². The summed E-state index contributed by atoms with van der Waals surface area (Å²) in [6.45, 7) is 7.38. The molecule has 5 heteroatoms. The molecule has 0 saturated carbocycles. The van der Waals surface area contributed by atoms with E-state index in [1.165, 1.54) is 6.07 Å². The summed E-state index contributed by atoms with van der Waals surface area (Å²) in [5.74, 6) is 0.177. The van der Waals surface area contributed by atoms with Crippen LogP contribution < -0.4 is 5.30 Å². The summed E-state index contributed by atoms with van der Waals surface area (Å²) in [4.78, 5) is 0. The Kier molecular flexibility index (Phi) is 5.29. The number of halogens is 3. The van der Waals surface area contributed by atoms with Gasteiger partial charge in [0.15, 0.2) is 0 Å². The number of alkyl halides is 3. The molecule has 2 rings (SSSR count). The number of aryl methyl sites for hydroxylation is 2. The average Bonchev–Trinajstić information content (AvgIpc) is 2.50. The van der Waals surface area contributed by atoms with Crippen LogP contribution in [0.15, 0.2) is 36.4 Å². The van der Waals surface area contributed by atoms with Crippen LogP contribution in [0.4, 0.5) is 13.2 Å². The first-order chi connectivity index (χ1) is 11.1. The molecule has 0 saturated heterocycles. The third kappa shape index (κ3) is 3.59. The van der Waals surface area contributed by atoms with Crippen molar-refractivity contribution < 1.29 is 18.3 Å². The van der Waals surface area contributed by atoms with Gasteiger partial charge in [0.05, 0.1) is 5.56 Å². The van der Waals surface area contributed by atoms with Gasteiger partial charge in [-0.2, -0.15) is 13.2 Å². The van der Waals surface area contributed by atoms with E-state index in [0.29, 0.717) is 22.9 Å². The average molecular weight is 354 g/mol. The molecule has 0 spiro atoms. The lowest BCUT2D eigenvalue weighted by molar-refractivity contribution is -0.136. The second kappa shape index (κ2) is 6.76. The zero-order chi connectivity index (χ0) is 18.1. The van der Waals surface area contributed by atoms with Crippen LogP contribution in [0.1, 0.15) is 42.5 Å². The first kappa shape index (κ1) is 18.8. The summed E-state index contributed by atoms with van der Waals surface area (Å²) in [7, 11) is -0.0901. The molecule has 1 nitrogen and oxygen atoms in total. The number of aromatic hydroxyl groups is 1. The zero-order valence-electron chi connectivity index (χ0n) is 14.3. The van der Waals surface area contributed by atoms with E-state index in [-0.39, 0.29) is 14.3 Å². The number of para-hydroxylation sites is 1. The molecular weight excluding hydrogens is 332 g/mol. The van der Waals surface area contributed by atoms with Crippen molar-refractivity contribution in [3.63, 3.8) is 0 Å². The van der Waals surface area contributed by atoms with Crippen LogP contribution >= 0.6 is 8.58 Å². The summed E-state index contributed by atoms with van der Waals surface area (Å²) in [5, 5.41) is 10.2. The van der Waals surface area contributed by atoms with Crippen LogP contribution in [-0.2, 0) is 11.3 Å². The molecule has 0 bridgehead atoms. The molecule has 2 unspecified atom stereocenters. The molecule has 0 heterocycles. The zero-order valence-corrected chi connectivity index (χ0v) is 15.3. The maximum Gasteiger partial charge on any atom is 0.417 e. The molecule has 2 aromatic carbocycles. The molecule has 0 fully saturated rings.